The Morgan fingerprint density at radius 2 is 1.74 bits per heavy atom. The van der Waals surface area contributed by atoms with Crippen molar-refractivity contribution in [1.82, 2.24) is 9.88 Å². The van der Waals surface area contributed by atoms with E-state index in [0.717, 1.165) is 68.3 Å². The standard InChI is InChI=1S/C22H29N3O2/c26-21(19-15-23-20-8-4-3-7-18(19)20)16-24-13-9-17(10-14-24)22(27)25-11-5-1-2-6-12-25/h3-4,7-8,15,17,23H,1-2,5-6,9-14,16H2/p+1. The summed E-state index contributed by atoms with van der Waals surface area (Å²) < 4.78 is 0. The first kappa shape index (κ1) is 18.2. The van der Waals surface area contributed by atoms with E-state index in [2.05, 4.69) is 9.88 Å². The van der Waals surface area contributed by atoms with Crippen LogP contribution in [0.4, 0.5) is 0 Å². The van der Waals surface area contributed by atoms with Crippen molar-refractivity contribution in [2.45, 2.75) is 38.5 Å². The van der Waals surface area contributed by atoms with Gasteiger partial charge in [0.2, 0.25) is 11.7 Å². The molecule has 144 valence electrons. The van der Waals surface area contributed by atoms with Crippen molar-refractivity contribution in [1.29, 1.82) is 0 Å². The summed E-state index contributed by atoms with van der Waals surface area (Å²) in [5.41, 5.74) is 1.80. The van der Waals surface area contributed by atoms with Crippen LogP contribution >= 0.6 is 0 Å². The number of nitrogens with zero attached hydrogens (tertiary/aromatic N) is 1. The van der Waals surface area contributed by atoms with Gasteiger partial charge < -0.3 is 14.8 Å². The number of H-pyrrole nitrogens is 1. The van der Waals surface area contributed by atoms with Crippen molar-refractivity contribution in [3.8, 4) is 0 Å². The number of aromatic amines is 1. The van der Waals surface area contributed by atoms with Gasteiger partial charge in [0.15, 0.2) is 0 Å². The molecule has 1 amide bonds. The molecule has 3 heterocycles. The largest absolute Gasteiger partial charge is 0.360 e. The average Bonchev–Trinajstić information content (AvgIpc) is 2.94. The quantitative estimate of drug-likeness (QED) is 0.812. The molecule has 5 nitrogen and oxygen atoms in total. The molecule has 0 radical (unpaired) electrons. The third-order valence-electron chi connectivity index (χ3n) is 6.26. The van der Waals surface area contributed by atoms with Gasteiger partial charge in [-0.25, -0.2) is 0 Å². The van der Waals surface area contributed by atoms with Crippen molar-refractivity contribution in [2.24, 2.45) is 5.92 Å². The summed E-state index contributed by atoms with van der Waals surface area (Å²) >= 11 is 0. The summed E-state index contributed by atoms with van der Waals surface area (Å²) in [7, 11) is 0. The molecule has 1 aromatic heterocycles. The van der Waals surface area contributed by atoms with Gasteiger partial charge in [-0.3, -0.25) is 9.59 Å². The van der Waals surface area contributed by atoms with Gasteiger partial charge in [0.05, 0.1) is 13.1 Å². The van der Waals surface area contributed by atoms with Crippen LogP contribution < -0.4 is 4.90 Å². The second kappa shape index (κ2) is 8.26. The van der Waals surface area contributed by atoms with Crippen molar-refractivity contribution in [3.05, 3.63) is 36.0 Å². The molecule has 0 spiro atoms. The van der Waals surface area contributed by atoms with Crippen LogP contribution in [0.3, 0.4) is 0 Å². The van der Waals surface area contributed by atoms with Gasteiger partial charge in [0.25, 0.3) is 0 Å². The molecular formula is C22H30N3O2+. The SMILES string of the molecule is O=C(C[NH+]1CCC(C(=O)N2CCCCCC2)CC1)c1c[nH]c2ccccc12. The Hall–Kier alpha value is -2.14. The summed E-state index contributed by atoms with van der Waals surface area (Å²) in [6, 6.07) is 7.95. The van der Waals surface area contributed by atoms with Gasteiger partial charge in [0, 0.05) is 54.5 Å². The zero-order chi connectivity index (χ0) is 18.6. The fourth-order valence-electron chi connectivity index (χ4n) is 4.62. The van der Waals surface area contributed by atoms with E-state index in [1.165, 1.54) is 17.7 Å². The Balaban J connectivity index is 1.31. The Morgan fingerprint density at radius 1 is 1.04 bits per heavy atom. The number of amides is 1. The lowest BCUT2D eigenvalue weighted by molar-refractivity contribution is -0.897. The van der Waals surface area contributed by atoms with E-state index < -0.39 is 0 Å². The predicted octanol–water partition coefficient (Wildman–Crippen LogP) is 2.05. The number of hydrogen-bond acceptors (Lipinski definition) is 2. The van der Waals surface area contributed by atoms with E-state index in [1.807, 2.05) is 30.5 Å². The van der Waals surface area contributed by atoms with E-state index >= 15 is 0 Å². The average molecular weight is 369 g/mol. The zero-order valence-corrected chi connectivity index (χ0v) is 16.0. The lowest BCUT2D eigenvalue weighted by Gasteiger charge is -2.31. The molecule has 2 saturated heterocycles. The number of hydrogen-bond donors (Lipinski definition) is 2. The van der Waals surface area contributed by atoms with E-state index in [0.29, 0.717) is 12.5 Å². The molecule has 5 heteroatoms. The molecule has 27 heavy (non-hydrogen) atoms. The third-order valence-corrected chi connectivity index (χ3v) is 6.26. The molecule has 0 atom stereocenters. The second-order valence-corrected chi connectivity index (χ2v) is 8.11. The molecule has 4 rings (SSSR count). The number of quaternary nitrogens is 1. The van der Waals surface area contributed by atoms with Gasteiger partial charge in [0.1, 0.15) is 6.54 Å². The van der Waals surface area contributed by atoms with Crippen LogP contribution in [0.5, 0.6) is 0 Å². The normalized spacial score (nSPS) is 23.9. The fourth-order valence-corrected chi connectivity index (χ4v) is 4.62. The van der Waals surface area contributed by atoms with Gasteiger partial charge in [-0.05, 0) is 18.9 Å². The van der Waals surface area contributed by atoms with Crippen LogP contribution in [0.1, 0.15) is 48.9 Å². The van der Waals surface area contributed by atoms with Crippen LogP contribution in [0.25, 0.3) is 10.9 Å². The molecule has 0 saturated carbocycles. The van der Waals surface area contributed by atoms with Crippen LogP contribution in [-0.2, 0) is 4.79 Å². The smallest absolute Gasteiger partial charge is 0.226 e. The van der Waals surface area contributed by atoms with Crippen LogP contribution in [0, 0.1) is 5.92 Å². The molecule has 0 bridgehead atoms. The summed E-state index contributed by atoms with van der Waals surface area (Å²) in [5, 5.41) is 1.01. The molecular weight excluding hydrogens is 338 g/mol. The molecule has 0 aliphatic carbocycles. The predicted molar refractivity (Wildman–Crippen MR) is 106 cm³/mol. The molecule has 2 N–H and O–H groups in total. The molecule has 2 aliphatic heterocycles. The Bertz CT molecular complexity index is 797. The Labute approximate surface area is 160 Å². The van der Waals surface area contributed by atoms with E-state index in [-0.39, 0.29) is 11.7 Å². The highest BCUT2D eigenvalue weighted by molar-refractivity contribution is 6.08. The molecule has 2 aliphatic rings. The lowest BCUT2D eigenvalue weighted by atomic mass is 9.94. The monoisotopic (exact) mass is 368 g/mol. The maximum Gasteiger partial charge on any atom is 0.226 e. The van der Waals surface area contributed by atoms with E-state index in [4.69, 9.17) is 0 Å². The number of piperidine rings is 1. The number of Topliss-reactive ketones (excluding diaryl/α,β-unsaturated/α-hetero) is 1. The Kier molecular flexibility index (Phi) is 5.58. The van der Waals surface area contributed by atoms with E-state index in [9.17, 15) is 9.59 Å². The number of carbonyl (C=O) groups is 2. The number of benzene rings is 1. The number of nitrogens with one attached hydrogen (secondary N) is 2. The first-order valence-corrected chi connectivity index (χ1v) is 10.4. The topological polar surface area (TPSA) is 57.6 Å². The molecule has 2 aromatic rings. The number of carbonyl (C=O) groups excluding carboxylic acids is 2. The van der Waals surface area contributed by atoms with Crippen molar-refractivity contribution < 1.29 is 14.5 Å². The second-order valence-electron chi connectivity index (χ2n) is 8.11. The minimum atomic E-state index is 0.162. The third kappa shape index (κ3) is 4.08. The summed E-state index contributed by atoms with van der Waals surface area (Å²) in [6.07, 6.45) is 8.45. The van der Waals surface area contributed by atoms with Crippen LogP contribution in [0.15, 0.2) is 30.5 Å². The van der Waals surface area contributed by atoms with Crippen molar-refractivity contribution >= 4 is 22.6 Å². The maximum absolute atomic E-state index is 12.8. The van der Waals surface area contributed by atoms with Crippen LogP contribution in [-0.4, -0.2) is 54.3 Å². The first-order chi connectivity index (χ1) is 13.2. The number of aromatic nitrogens is 1. The number of likely N-dealkylation sites (tertiary alicyclic amines) is 2. The highest BCUT2D eigenvalue weighted by Gasteiger charge is 2.31. The van der Waals surface area contributed by atoms with Gasteiger partial charge in [-0.1, -0.05) is 31.0 Å². The highest BCUT2D eigenvalue weighted by Crippen LogP contribution is 2.19. The first-order valence-electron chi connectivity index (χ1n) is 10.4. The Morgan fingerprint density at radius 3 is 2.48 bits per heavy atom. The molecule has 0 unspecified atom stereocenters. The van der Waals surface area contributed by atoms with Crippen molar-refractivity contribution in [3.63, 3.8) is 0 Å². The summed E-state index contributed by atoms with van der Waals surface area (Å²) in [5.74, 6) is 0.716. The summed E-state index contributed by atoms with van der Waals surface area (Å²) in [4.78, 5) is 32.2. The molecule has 2 fully saturated rings. The minimum Gasteiger partial charge on any atom is -0.360 e. The number of ketones is 1. The highest BCUT2D eigenvalue weighted by atomic mass is 16.2. The van der Waals surface area contributed by atoms with Gasteiger partial charge >= 0.3 is 0 Å². The van der Waals surface area contributed by atoms with Crippen LogP contribution in [0.2, 0.25) is 0 Å². The number of para-hydroxylation sites is 1. The zero-order valence-electron chi connectivity index (χ0n) is 16.0. The summed E-state index contributed by atoms with van der Waals surface area (Å²) in [6.45, 7) is 4.22. The maximum atomic E-state index is 12.8. The number of rotatable bonds is 4. The van der Waals surface area contributed by atoms with Crippen molar-refractivity contribution in [2.75, 3.05) is 32.7 Å². The number of fused-ring (bicyclic) bond motifs is 1. The minimum absolute atomic E-state index is 0.162. The van der Waals surface area contributed by atoms with Gasteiger partial charge in [-0.15, -0.1) is 0 Å². The molecule has 1 aromatic carbocycles. The fraction of sp³-hybridized carbons (Fsp3) is 0.545. The van der Waals surface area contributed by atoms with Gasteiger partial charge in [-0.2, -0.15) is 0 Å². The lowest BCUT2D eigenvalue weighted by Crippen LogP contribution is -3.14. The van der Waals surface area contributed by atoms with E-state index in [1.54, 1.807) is 0 Å².